The van der Waals surface area contributed by atoms with E-state index < -0.39 is 0 Å². The number of anilines is 1. The molecule has 0 amide bonds. The quantitative estimate of drug-likeness (QED) is 0.683. The van der Waals surface area contributed by atoms with Crippen LogP contribution in [0.5, 0.6) is 0 Å². The first-order valence-electron chi connectivity index (χ1n) is 5.17. The summed E-state index contributed by atoms with van der Waals surface area (Å²) < 4.78 is 2.42. The first-order chi connectivity index (χ1) is 8.17. The van der Waals surface area contributed by atoms with Gasteiger partial charge < -0.3 is 10.3 Å². The Hall–Kier alpha value is -1.64. The lowest BCUT2D eigenvalue weighted by Gasteiger charge is -1.97. The van der Waals surface area contributed by atoms with Gasteiger partial charge in [0, 0.05) is 6.54 Å². The molecular weight excluding hydrogens is 250 g/mol. The van der Waals surface area contributed by atoms with Gasteiger partial charge in [-0.15, -0.1) is 0 Å². The molecule has 0 atom stereocenters. The number of fused-ring (bicyclic) bond motifs is 1. The lowest BCUT2D eigenvalue weighted by Crippen LogP contribution is -2.00. The molecule has 2 N–H and O–H groups in total. The molecule has 2 aliphatic carbocycles. The summed E-state index contributed by atoms with van der Waals surface area (Å²) in [4.78, 5) is 0.511. The van der Waals surface area contributed by atoms with E-state index in [0.29, 0.717) is 14.6 Å². The lowest BCUT2D eigenvalue weighted by molar-refractivity contribution is 0.774. The molecule has 3 nitrogen and oxygen atoms in total. The third-order valence-corrected chi connectivity index (χ3v) is 3.83. The predicted molar refractivity (Wildman–Crippen MR) is 73.4 cm³/mol. The summed E-state index contributed by atoms with van der Waals surface area (Å²) in [6.07, 6.45) is 0. The summed E-state index contributed by atoms with van der Waals surface area (Å²) in [5.74, 6) is 0.491. The van der Waals surface area contributed by atoms with E-state index in [0.717, 1.165) is 6.54 Å². The van der Waals surface area contributed by atoms with Crippen LogP contribution in [0.15, 0.2) is 24.3 Å². The van der Waals surface area contributed by atoms with Gasteiger partial charge >= 0.3 is 0 Å². The molecule has 5 heteroatoms. The Labute approximate surface area is 109 Å². The van der Waals surface area contributed by atoms with Crippen molar-refractivity contribution in [2.45, 2.75) is 13.5 Å². The second-order valence-electron chi connectivity index (χ2n) is 3.52. The van der Waals surface area contributed by atoms with Crippen molar-refractivity contribution in [1.29, 1.82) is 5.26 Å². The normalized spacial score (nSPS) is 10.1. The number of hydrogen-bond acceptors (Lipinski definition) is 4. The van der Waals surface area contributed by atoms with Crippen molar-refractivity contribution in [1.82, 2.24) is 4.57 Å². The molecule has 0 saturated heterocycles. The number of nitriles is 1. The monoisotopic (exact) mass is 261 g/mol. The lowest BCUT2D eigenvalue weighted by atomic mass is 10.5. The third-order valence-electron chi connectivity index (χ3n) is 2.46. The topological polar surface area (TPSA) is 54.7 Å². The minimum absolute atomic E-state index is 0.491. The van der Waals surface area contributed by atoms with Crippen molar-refractivity contribution >= 4 is 29.4 Å². The highest BCUT2D eigenvalue weighted by molar-refractivity contribution is 7.73. The largest absolute Gasteiger partial charge is 0.383 e. The Morgan fingerprint density at radius 1 is 1.47 bits per heavy atom. The van der Waals surface area contributed by atoms with E-state index in [1.54, 1.807) is 4.57 Å². The Balaban J connectivity index is 0.000000148. The fourth-order valence-electron chi connectivity index (χ4n) is 1.47. The average molecular weight is 261 g/mol. The molecule has 0 radical (unpaired) electrons. The van der Waals surface area contributed by atoms with E-state index in [4.69, 9.17) is 23.2 Å². The molecule has 0 spiro atoms. The fraction of sp³-hybridized carbons (Fsp3) is 0.167. The van der Waals surface area contributed by atoms with Gasteiger partial charge in [-0.05, 0) is 36.3 Å². The Morgan fingerprint density at radius 2 is 2.12 bits per heavy atom. The fourth-order valence-corrected chi connectivity index (χ4v) is 2.72. The zero-order valence-corrected chi connectivity index (χ0v) is 10.9. The maximum absolute atomic E-state index is 8.57. The van der Waals surface area contributed by atoms with Crippen molar-refractivity contribution in [3.8, 4) is 17.2 Å². The van der Waals surface area contributed by atoms with Crippen LogP contribution in [0.3, 0.4) is 0 Å². The smallest absolute Gasteiger partial charge is 0.163 e. The van der Waals surface area contributed by atoms with Gasteiger partial charge in [0.1, 0.15) is 16.8 Å². The number of rotatable bonds is 1. The van der Waals surface area contributed by atoms with E-state index in [-0.39, 0.29) is 0 Å². The van der Waals surface area contributed by atoms with Crippen molar-refractivity contribution in [2.75, 3.05) is 5.73 Å². The van der Waals surface area contributed by atoms with Gasteiger partial charge in [0.15, 0.2) is 3.95 Å². The molecule has 86 valence electrons. The Kier molecular flexibility index (Phi) is 3.27. The van der Waals surface area contributed by atoms with Crippen LogP contribution in [0, 0.1) is 15.3 Å². The summed E-state index contributed by atoms with van der Waals surface area (Å²) in [6.45, 7) is 2.67. The standard InChI is InChI=1S/C6H7N3S2.C6H4/c1-2-9-5(8)4(3-7)11-6(9)10;1-2-5-4-6(5)3-1/h2,8H2,1H3;1-4H. The second-order valence-corrected chi connectivity index (χ2v) is 5.16. The zero-order chi connectivity index (χ0) is 12.4. The van der Waals surface area contributed by atoms with Crippen LogP contribution in [-0.4, -0.2) is 4.57 Å². The summed E-state index contributed by atoms with van der Waals surface area (Å²) in [5, 5.41) is 8.57. The number of nitrogens with two attached hydrogens (primary N) is 1. The number of hydrogen-bond donors (Lipinski definition) is 1. The third kappa shape index (κ3) is 2.38. The van der Waals surface area contributed by atoms with Gasteiger partial charge in [0.05, 0.1) is 0 Å². The number of aromatic nitrogens is 1. The van der Waals surface area contributed by atoms with Gasteiger partial charge in [-0.25, -0.2) is 0 Å². The minimum atomic E-state index is 0.491. The Morgan fingerprint density at radius 3 is 2.35 bits per heavy atom. The molecule has 0 saturated carbocycles. The SMILES string of the molecule is CCn1c(N)c(C#N)sc1=S.c1cc2cc-2c1. The molecule has 0 fully saturated rings. The molecule has 0 unspecified atom stereocenters. The van der Waals surface area contributed by atoms with Crippen LogP contribution in [0.25, 0.3) is 11.1 Å². The van der Waals surface area contributed by atoms with Crippen molar-refractivity contribution in [3.05, 3.63) is 33.1 Å². The maximum atomic E-state index is 8.57. The highest BCUT2D eigenvalue weighted by atomic mass is 32.1. The predicted octanol–water partition coefficient (Wildman–Crippen LogP) is 3.42. The molecule has 17 heavy (non-hydrogen) atoms. The summed E-state index contributed by atoms with van der Waals surface area (Å²) in [7, 11) is 0. The second kappa shape index (κ2) is 4.70. The van der Waals surface area contributed by atoms with Gasteiger partial charge in [-0.2, -0.15) is 5.26 Å². The van der Waals surface area contributed by atoms with Crippen molar-refractivity contribution < 1.29 is 0 Å². The van der Waals surface area contributed by atoms with Crippen LogP contribution in [0.2, 0.25) is 0 Å². The summed E-state index contributed by atoms with van der Waals surface area (Å²) in [6, 6.07) is 10.5. The summed E-state index contributed by atoms with van der Waals surface area (Å²) in [5.41, 5.74) is 8.46. The first-order valence-corrected chi connectivity index (χ1v) is 6.39. The zero-order valence-electron chi connectivity index (χ0n) is 9.30. The van der Waals surface area contributed by atoms with E-state index in [9.17, 15) is 0 Å². The van der Waals surface area contributed by atoms with Crippen LogP contribution < -0.4 is 5.73 Å². The molecule has 1 aromatic heterocycles. The molecule has 1 heterocycles. The van der Waals surface area contributed by atoms with E-state index >= 15 is 0 Å². The number of nitrogen functional groups attached to an aromatic ring is 1. The van der Waals surface area contributed by atoms with E-state index in [1.165, 1.54) is 22.5 Å². The maximum Gasteiger partial charge on any atom is 0.163 e. The van der Waals surface area contributed by atoms with Crippen LogP contribution >= 0.6 is 23.6 Å². The van der Waals surface area contributed by atoms with Crippen molar-refractivity contribution in [2.24, 2.45) is 0 Å². The van der Waals surface area contributed by atoms with Gasteiger partial charge in [-0.1, -0.05) is 29.5 Å². The van der Waals surface area contributed by atoms with Crippen LogP contribution in [0.4, 0.5) is 5.82 Å². The first kappa shape index (κ1) is 11.8. The van der Waals surface area contributed by atoms with E-state index in [2.05, 4.69) is 24.3 Å². The molecule has 2 aliphatic rings. The molecule has 0 aliphatic heterocycles. The average Bonchev–Trinajstić information content (AvgIpc) is 2.81. The highest BCUT2D eigenvalue weighted by Gasteiger charge is 2.07. The summed E-state index contributed by atoms with van der Waals surface area (Å²) >= 11 is 6.23. The van der Waals surface area contributed by atoms with Crippen LogP contribution in [-0.2, 0) is 6.54 Å². The molecular formula is C12H11N3S2. The molecule has 3 rings (SSSR count). The Bertz CT molecular complexity index is 629. The molecule has 1 aromatic rings. The van der Waals surface area contributed by atoms with Gasteiger partial charge in [0.25, 0.3) is 0 Å². The number of thiazole rings is 1. The molecule has 0 bridgehead atoms. The van der Waals surface area contributed by atoms with Crippen molar-refractivity contribution in [3.63, 3.8) is 0 Å². The van der Waals surface area contributed by atoms with Gasteiger partial charge in [0.2, 0.25) is 0 Å². The number of nitrogens with zero attached hydrogens (tertiary/aromatic N) is 2. The van der Waals surface area contributed by atoms with E-state index in [1.807, 2.05) is 13.0 Å². The molecule has 0 aromatic carbocycles. The number of benzene rings is 1. The minimum Gasteiger partial charge on any atom is -0.383 e. The van der Waals surface area contributed by atoms with Crippen LogP contribution in [0.1, 0.15) is 11.8 Å². The highest BCUT2D eigenvalue weighted by Crippen LogP contribution is 2.32. The van der Waals surface area contributed by atoms with Gasteiger partial charge in [-0.3, -0.25) is 0 Å².